The molecule has 0 heterocycles. The van der Waals surface area contributed by atoms with Crippen LogP contribution in [0.5, 0.6) is 0 Å². The molecule has 0 aromatic carbocycles. The zero-order valence-corrected chi connectivity index (χ0v) is 7.99. The predicted octanol–water partition coefficient (Wildman–Crippen LogP) is 1.57. The van der Waals surface area contributed by atoms with Crippen molar-refractivity contribution in [3.05, 3.63) is 6.92 Å². The maximum absolute atomic E-state index is 3.72. The largest absolute Gasteiger partial charge is 0.412 e. The van der Waals surface area contributed by atoms with Crippen molar-refractivity contribution in [2.24, 2.45) is 0 Å². The van der Waals surface area contributed by atoms with Crippen molar-refractivity contribution in [2.45, 2.75) is 32.6 Å². The van der Waals surface area contributed by atoms with Crippen LogP contribution in [0.15, 0.2) is 0 Å². The second kappa shape index (κ2) is 15.7. The molecule has 0 radical (unpaired) electrons. The Kier molecular flexibility index (Phi) is 31.2. The molecule has 1 nitrogen and oxygen atoms in total. The Hall–Kier alpha value is 0.843. The molecule has 8 heavy (non-hydrogen) atoms. The predicted molar refractivity (Wildman–Crippen MR) is 33.1 cm³/mol. The van der Waals surface area contributed by atoms with Crippen LogP contribution in [-0.4, -0.2) is 5.48 Å². The van der Waals surface area contributed by atoms with Crippen LogP contribution in [-0.2, 0) is 26.2 Å². The van der Waals surface area contributed by atoms with Crippen LogP contribution in [0, 0.1) is 6.92 Å². The zero-order valence-electron chi connectivity index (χ0n) is 5.54. The summed E-state index contributed by atoms with van der Waals surface area (Å²) in [6.07, 6.45) is 5.07. The van der Waals surface area contributed by atoms with Gasteiger partial charge in [-0.2, -0.15) is 6.42 Å². The first-order chi connectivity index (χ1) is 2.91. The van der Waals surface area contributed by atoms with Crippen LogP contribution in [0.4, 0.5) is 0 Å². The van der Waals surface area contributed by atoms with Crippen molar-refractivity contribution in [3.63, 3.8) is 0 Å². The fraction of sp³-hybridized carbons (Fsp3) is 0.833. The first-order valence-corrected chi connectivity index (χ1v) is 2.71. The zero-order chi connectivity index (χ0) is 4.83. The van der Waals surface area contributed by atoms with Crippen LogP contribution in [0.3, 0.4) is 0 Å². The van der Waals surface area contributed by atoms with Gasteiger partial charge in [0.2, 0.25) is 0 Å². The summed E-state index contributed by atoms with van der Waals surface area (Å²) in [6.45, 7) is 5.93. The fourth-order valence-electron chi connectivity index (χ4n) is 0.427. The third kappa shape index (κ3) is 15.8. The van der Waals surface area contributed by atoms with E-state index in [9.17, 15) is 0 Å². The van der Waals surface area contributed by atoms with Crippen molar-refractivity contribution in [1.29, 1.82) is 0 Å². The molecule has 0 saturated heterocycles. The van der Waals surface area contributed by atoms with Crippen LogP contribution in [0.2, 0.25) is 0 Å². The van der Waals surface area contributed by atoms with Crippen molar-refractivity contribution in [3.8, 4) is 0 Å². The average molecular weight is 194 g/mol. The first kappa shape index (κ1) is 15.9. The Bertz CT molecular complexity index is 20.5. The molecule has 2 N–H and O–H groups in total. The van der Waals surface area contributed by atoms with Gasteiger partial charge < -0.3 is 12.4 Å². The molecule has 0 atom stereocenters. The van der Waals surface area contributed by atoms with Gasteiger partial charge in [-0.25, -0.2) is 0 Å². The van der Waals surface area contributed by atoms with Gasteiger partial charge in [0.1, 0.15) is 0 Å². The summed E-state index contributed by atoms with van der Waals surface area (Å²) in [5, 5.41) is 0. The average Bonchev–Trinajstić information content (AvgIpc) is 1.61. The van der Waals surface area contributed by atoms with E-state index in [-0.39, 0.29) is 31.7 Å². The standard InChI is InChI=1S/C6H13.H2O.Zr/c1-3-5-6-4-2;;/h1,3-6H2,2H3;1H2;/q-1;;. The van der Waals surface area contributed by atoms with E-state index in [0.29, 0.717) is 0 Å². The molecule has 0 saturated carbocycles. The maximum atomic E-state index is 3.72. The van der Waals surface area contributed by atoms with Gasteiger partial charge in [0.15, 0.2) is 0 Å². The van der Waals surface area contributed by atoms with Gasteiger partial charge in [-0.3, -0.25) is 0 Å². The smallest absolute Gasteiger partial charge is 0 e. The molecule has 0 aliphatic rings. The first-order valence-electron chi connectivity index (χ1n) is 2.71. The molecular weight excluding hydrogens is 179 g/mol. The molecule has 0 aliphatic carbocycles. The SMILES string of the molecule is O.[CH2-]CCCCC.[Zr]. The van der Waals surface area contributed by atoms with E-state index in [4.69, 9.17) is 0 Å². The summed E-state index contributed by atoms with van der Waals surface area (Å²) >= 11 is 0. The van der Waals surface area contributed by atoms with Crippen molar-refractivity contribution in [2.75, 3.05) is 0 Å². The Labute approximate surface area is 71.3 Å². The molecule has 0 spiro atoms. The Morgan fingerprint density at radius 3 is 1.88 bits per heavy atom. The van der Waals surface area contributed by atoms with Crippen molar-refractivity contribution in [1.82, 2.24) is 0 Å². The van der Waals surface area contributed by atoms with Gasteiger partial charge in [-0.1, -0.05) is 26.2 Å². The topological polar surface area (TPSA) is 31.5 Å². The van der Waals surface area contributed by atoms with Crippen LogP contribution >= 0.6 is 0 Å². The molecule has 2 heteroatoms. The summed E-state index contributed by atoms with van der Waals surface area (Å²) in [6, 6.07) is 0. The molecule has 0 amide bonds. The summed E-state index contributed by atoms with van der Waals surface area (Å²) in [7, 11) is 0. The molecular formula is C6H15OZr-. The van der Waals surface area contributed by atoms with Gasteiger partial charge in [-0.05, 0) is 0 Å². The molecule has 0 unspecified atom stereocenters. The van der Waals surface area contributed by atoms with Crippen LogP contribution in [0.1, 0.15) is 32.6 Å². The Balaban J connectivity index is -0.000000125. The number of unbranched alkanes of at least 4 members (excludes halogenated alkanes) is 3. The van der Waals surface area contributed by atoms with E-state index < -0.39 is 0 Å². The van der Waals surface area contributed by atoms with Crippen LogP contribution in [0.25, 0.3) is 0 Å². The van der Waals surface area contributed by atoms with E-state index in [1.54, 1.807) is 0 Å². The fourth-order valence-corrected chi connectivity index (χ4v) is 0.427. The molecule has 0 aromatic heterocycles. The van der Waals surface area contributed by atoms with E-state index in [1.807, 2.05) is 0 Å². The summed E-state index contributed by atoms with van der Waals surface area (Å²) in [5.41, 5.74) is 0. The quantitative estimate of drug-likeness (QED) is 0.482. The number of hydrogen-bond donors (Lipinski definition) is 0. The Morgan fingerprint density at radius 2 is 1.75 bits per heavy atom. The third-order valence-corrected chi connectivity index (χ3v) is 0.854. The minimum Gasteiger partial charge on any atom is -0.412 e. The summed E-state index contributed by atoms with van der Waals surface area (Å²) in [5.74, 6) is 0. The monoisotopic (exact) mass is 193 g/mol. The summed E-state index contributed by atoms with van der Waals surface area (Å²) in [4.78, 5) is 0. The molecule has 0 aliphatic heterocycles. The normalized spacial score (nSPS) is 6.75. The van der Waals surface area contributed by atoms with E-state index in [2.05, 4.69) is 13.8 Å². The molecule has 0 fully saturated rings. The second-order valence-corrected chi connectivity index (χ2v) is 1.56. The van der Waals surface area contributed by atoms with Gasteiger partial charge in [-0.15, -0.1) is 0 Å². The maximum Gasteiger partial charge on any atom is 0 e. The van der Waals surface area contributed by atoms with Crippen molar-refractivity contribution < 1.29 is 31.7 Å². The number of rotatable bonds is 3. The Morgan fingerprint density at radius 1 is 1.25 bits per heavy atom. The second-order valence-electron chi connectivity index (χ2n) is 1.56. The molecule has 0 aromatic rings. The van der Waals surface area contributed by atoms with Gasteiger partial charge in [0, 0.05) is 26.2 Å². The molecule has 50 valence electrons. The number of hydrogen-bond acceptors (Lipinski definition) is 0. The van der Waals surface area contributed by atoms with Gasteiger partial charge >= 0.3 is 0 Å². The minimum atomic E-state index is 0. The van der Waals surface area contributed by atoms with E-state index in [0.717, 1.165) is 6.42 Å². The summed E-state index contributed by atoms with van der Waals surface area (Å²) < 4.78 is 0. The third-order valence-electron chi connectivity index (χ3n) is 0.854. The van der Waals surface area contributed by atoms with Gasteiger partial charge in [0.25, 0.3) is 0 Å². The molecule has 0 rings (SSSR count). The van der Waals surface area contributed by atoms with E-state index >= 15 is 0 Å². The molecule has 0 bridgehead atoms. The minimum absolute atomic E-state index is 0. The van der Waals surface area contributed by atoms with Gasteiger partial charge in [0.05, 0.1) is 0 Å². The van der Waals surface area contributed by atoms with E-state index in [1.165, 1.54) is 19.3 Å². The van der Waals surface area contributed by atoms with Crippen molar-refractivity contribution >= 4 is 0 Å². The van der Waals surface area contributed by atoms with Crippen LogP contribution < -0.4 is 0 Å².